The Kier molecular flexibility index (Phi) is 6.08. The average molecular weight is 662 g/mol. The summed E-state index contributed by atoms with van der Waals surface area (Å²) in [5, 5.41) is 10.3. The Balaban J connectivity index is 1.05. The maximum absolute atomic E-state index is 2.43. The molecule has 9 aromatic carbocycles. The van der Waals surface area contributed by atoms with Gasteiger partial charge in [0.2, 0.25) is 0 Å². The van der Waals surface area contributed by atoms with Gasteiger partial charge in [0.1, 0.15) is 0 Å². The van der Waals surface area contributed by atoms with Crippen molar-refractivity contribution in [2.45, 2.75) is 19.3 Å². The zero-order valence-corrected chi connectivity index (χ0v) is 29.2. The van der Waals surface area contributed by atoms with Crippen LogP contribution >= 0.6 is 0 Å². The molecule has 11 rings (SSSR count). The van der Waals surface area contributed by atoms with Gasteiger partial charge in [-0.3, -0.25) is 0 Å². The number of rotatable bonds is 3. The van der Waals surface area contributed by atoms with Gasteiger partial charge in [-0.1, -0.05) is 147 Å². The van der Waals surface area contributed by atoms with Crippen LogP contribution in [0.25, 0.3) is 93.2 Å². The van der Waals surface area contributed by atoms with Gasteiger partial charge in [-0.05, 0) is 119 Å². The smallest absolute Gasteiger partial charge is 0.0541 e. The van der Waals surface area contributed by atoms with Crippen molar-refractivity contribution in [3.05, 3.63) is 187 Å². The van der Waals surface area contributed by atoms with Crippen molar-refractivity contribution in [3.8, 4) is 39.1 Å². The quantitative estimate of drug-likeness (QED) is 0.166. The molecule has 0 unspecified atom stereocenters. The van der Waals surface area contributed by atoms with Gasteiger partial charge < -0.3 is 4.57 Å². The largest absolute Gasteiger partial charge is 0.309 e. The summed E-state index contributed by atoms with van der Waals surface area (Å²) in [7, 11) is 0. The lowest BCUT2D eigenvalue weighted by molar-refractivity contribution is 0.660. The van der Waals surface area contributed by atoms with Gasteiger partial charge in [0.25, 0.3) is 0 Å². The molecule has 10 aromatic rings. The molecule has 0 radical (unpaired) electrons. The first-order chi connectivity index (χ1) is 25.5. The van der Waals surface area contributed by atoms with E-state index in [-0.39, 0.29) is 5.41 Å². The van der Waals surface area contributed by atoms with Crippen molar-refractivity contribution in [3.63, 3.8) is 0 Å². The predicted octanol–water partition coefficient (Wildman–Crippen LogP) is 13.9. The zero-order chi connectivity index (χ0) is 34.6. The van der Waals surface area contributed by atoms with E-state index in [0.717, 1.165) is 5.69 Å². The molecule has 0 atom stereocenters. The minimum atomic E-state index is -0.0288. The molecule has 1 heteroatoms. The van der Waals surface area contributed by atoms with Gasteiger partial charge in [-0.25, -0.2) is 0 Å². The highest BCUT2D eigenvalue weighted by atomic mass is 15.0. The maximum atomic E-state index is 2.43. The fourth-order valence-electron chi connectivity index (χ4n) is 9.23. The molecule has 52 heavy (non-hydrogen) atoms. The summed E-state index contributed by atoms with van der Waals surface area (Å²) in [5.41, 5.74) is 14.0. The summed E-state index contributed by atoms with van der Waals surface area (Å²) in [5.74, 6) is 0. The van der Waals surface area contributed by atoms with E-state index in [0.29, 0.717) is 0 Å². The number of nitrogens with zero attached hydrogens (tertiary/aromatic N) is 1. The van der Waals surface area contributed by atoms with Crippen LogP contribution in [0.15, 0.2) is 176 Å². The van der Waals surface area contributed by atoms with Gasteiger partial charge >= 0.3 is 0 Å². The second-order valence-electron chi connectivity index (χ2n) is 14.9. The Morgan fingerprint density at radius 1 is 0.327 bits per heavy atom. The predicted molar refractivity (Wildman–Crippen MR) is 222 cm³/mol. The van der Waals surface area contributed by atoms with Crippen molar-refractivity contribution in [2.75, 3.05) is 0 Å². The SMILES string of the molecule is CC1(C)c2ccccc2-c2ccc(-c3ccc4c(c3)c3ccccc3n4-c3cccc(-c4ccc5c6ccccc6c6ccccc6c5c4)c3)cc21. The maximum Gasteiger partial charge on any atom is 0.0541 e. The Labute approximate surface area is 303 Å². The molecule has 0 aliphatic heterocycles. The minimum absolute atomic E-state index is 0.0288. The molecule has 0 bridgehead atoms. The van der Waals surface area contributed by atoms with Crippen LogP contribution in [0.5, 0.6) is 0 Å². The Morgan fingerprint density at radius 2 is 0.846 bits per heavy atom. The Hall–Kier alpha value is -6.44. The van der Waals surface area contributed by atoms with E-state index in [1.165, 1.54) is 98.6 Å². The molecule has 0 saturated heterocycles. The number of aromatic nitrogens is 1. The third kappa shape index (κ3) is 4.11. The molecular formula is C51H35N. The molecule has 1 heterocycles. The summed E-state index contributed by atoms with van der Waals surface area (Å²) in [6.07, 6.45) is 0. The molecule has 0 saturated carbocycles. The topological polar surface area (TPSA) is 4.93 Å². The van der Waals surface area contributed by atoms with Crippen molar-refractivity contribution in [2.24, 2.45) is 0 Å². The first kappa shape index (κ1) is 29.3. The molecule has 1 aliphatic carbocycles. The van der Waals surface area contributed by atoms with E-state index < -0.39 is 0 Å². The standard InChI is InChI=1S/C51H35N/c1-51(2)47-20-9-7-18-42(47)43-26-23-35(31-48(43)51)34-24-27-50-46(30-34)44-19-8-10-21-49(44)52(50)36-13-11-12-32(28-36)33-22-25-41-39-16-4-3-14-37(39)38-15-5-6-17-40(38)45(41)29-33/h3-31H,1-2H3. The zero-order valence-electron chi connectivity index (χ0n) is 29.2. The number of para-hydroxylation sites is 1. The summed E-state index contributed by atoms with van der Waals surface area (Å²) < 4.78 is 2.43. The summed E-state index contributed by atoms with van der Waals surface area (Å²) in [4.78, 5) is 0. The van der Waals surface area contributed by atoms with Gasteiger partial charge in [0.15, 0.2) is 0 Å². The molecule has 0 spiro atoms. The number of benzene rings is 9. The summed E-state index contributed by atoms with van der Waals surface area (Å²) >= 11 is 0. The van der Waals surface area contributed by atoms with Crippen molar-refractivity contribution in [1.82, 2.24) is 4.57 Å². The highest BCUT2D eigenvalue weighted by molar-refractivity contribution is 6.25. The van der Waals surface area contributed by atoms with E-state index in [9.17, 15) is 0 Å². The third-order valence-electron chi connectivity index (χ3n) is 11.8. The van der Waals surface area contributed by atoms with Crippen molar-refractivity contribution in [1.29, 1.82) is 0 Å². The van der Waals surface area contributed by atoms with Gasteiger partial charge in [0.05, 0.1) is 11.0 Å². The van der Waals surface area contributed by atoms with Gasteiger partial charge in [-0.2, -0.15) is 0 Å². The molecule has 244 valence electrons. The van der Waals surface area contributed by atoms with Gasteiger partial charge in [-0.15, -0.1) is 0 Å². The lowest BCUT2D eigenvalue weighted by Gasteiger charge is -2.22. The number of hydrogen-bond donors (Lipinski definition) is 0. The van der Waals surface area contributed by atoms with Crippen LogP contribution in [-0.2, 0) is 5.41 Å². The molecule has 1 nitrogen and oxygen atoms in total. The van der Waals surface area contributed by atoms with Crippen LogP contribution in [0.1, 0.15) is 25.0 Å². The normalized spacial score (nSPS) is 13.3. The fraction of sp³-hybridized carbons (Fsp3) is 0.0588. The Morgan fingerprint density at radius 3 is 1.62 bits per heavy atom. The van der Waals surface area contributed by atoms with E-state index in [4.69, 9.17) is 0 Å². The number of fused-ring (bicyclic) bond motifs is 12. The second-order valence-corrected chi connectivity index (χ2v) is 14.9. The van der Waals surface area contributed by atoms with Crippen LogP contribution in [0, 0.1) is 0 Å². The highest BCUT2D eigenvalue weighted by Gasteiger charge is 2.35. The minimum Gasteiger partial charge on any atom is -0.309 e. The lowest BCUT2D eigenvalue weighted by Crippen LogP contribution is -2.14. The Bertz CT molecular complexity index is 3060. The molecule has 0 N–H and O–H groups in total. The van der Waals surface area contributed by atoms with Crippen LogP contribution < -0.4 is 0 Å². The first-order valence-electron chi connectivity index (χ1n) is 18.3. The molecule has 1 aromatic heterocycles. The second kappa shape index (κ2) is 10.8. The van der Waals surface area contributed by atoms with Crippen LogP contribution in [0.3, 0.4) is 0 Å². The van der Waals surface area contributed by atoms with Crippen LogP contribution in [-0.4, -0.2) is 4.57 Å². The van der Waals surface area contributed by atoms with E-state index >= 15 is 0 Å². The molecule has 0 fully saturated rings. The van der Waals surface area contributed by atoms with E-state index in [1.54, 1.807) is 0 Å². The molecule has 0 amide bonds. The number of hydrogen-bond acceptors (Lipinski definition) is 0. The van der Waals surface area contributed by atoms with Crippen LogP contribution in [0.4, 0.5) is 0 Å². The monoisotopic (exact) mass is 661 g/mol. The first-order valence-corrected chi connectivity index (χ1v) is 18.3. The van der Waals surface area contributed by atoms with Crippen molar-refractivity contribution < 1.29 is 0 Å². The van der Waals surface area contributed by atoms with Crippen molar-refractivity contribution >= 4 is 54.1 Å². The lowest BCUT2D eigenvalue weighted by atomic mass is 9.81. The summed E-state index contributed by atoms with van der Waals surface area (Å²) in [6, 6.07) is 65.4. The highest BCUT2D eigenvalue weighted by Crippen LogP contribution is 2.50. The summed E-state index contributed by atoms with van der Waals surface area (Å²) in [6.45, 7) is 4.71. The average Bonchev–Trinajstić information content (AvgIpc) is 3.65. The molecular weight excluding hydrogens is 627 g/mol. The van der Waals surface area contributed by atoms with Gasteiger partial charge in [0, 0.05) is 21.9 Å². The third-order valence-corrected chi connectivity index (χ3v) is 11.8. The van der Waals surface area contributed by atoms with E-state index in [2.05, 4.69) is 194 Å². The fourth-order valence-corrected chi connectivity index (χ4v) is 9.23. The molecule has 1 aliphatic rings. The van der Waals surface area contributed by atoms with Crippen LogP contribution in [0.2, 0.25) is 0 Å². The van der Waals surface area contributed by atoms with E-state index in [1.807, 2.05) is 0 Å².